The Morgan fingerprint density at radius 3 is 1.35 bits per heavy atom. The van der Waals surface area contributed by atoms with Crippen molar-refractivity contribution >= 4 is 46.1 Å². The molecular weight excluding hydrogens is 620 g/mol. The van der Waals surface area contributed by atoms with Crippen molar-refractivity contribution in [3.63, 3.8) is 0 Å². The molecule has 244 valence electrons. The molecule has 0 N–H and O–H groups in total. The van der Waals surface area contributed by atoms with Crippen LogP contribution in [0.5, 0.6) is 11.5 Å². The highest BCUT2D eigenvalue weighted by Gasteiger charge is 2.15. The first-order chi connectivity index (χ1) is 23.9. The fourth-order valence-corrected chi connectivity index (χ4v) is 5.99. The molecule has 6 aromatic carbocycles. The van der Waals surface area contributed by atoms with E-state index in [1.54, 1.807) is 48.5 Å². The second-order valence-corrected chi connectivity index (χ2v) is 11.4. The molecule has 0 heterocycles. The first kappa shape index (κ1) is 32.7. The minimum atomic E-state index is -0.414. The van der Waals surface area contributed by atoms with Gasteiger partial charge in [-0.25, -0.2) is 9.59 Å². The van der Waals surface area contributed by atoms with Crippen LogP contribution >= 0.6 is 0 Å². The summed E-state index contributed by atoms with van der Waals surface area (Å²) in [5.41, 5.74) is 5.19. The van der Waals surface area contributed by atoms with E-state index in [0.29, 0.717) is 40.2 Å². The van der Waals surface area contributed by atoms with E-state index in [9.17, 15) is 19.2 Å². The third-order valence-electron chi connectivity index (χ3n) is 8.41. The molecule has 0 atom stereocenters. The molecule has 49 heavy (non-hydrogen) atoms. The summed E-state index contributed by atoms with van der Waals surface area (Å²) >= 11 is 0. The number of aldehydes is 2. The Morgan fingerprint density at radius 2 is 0.939 bits per heavy atom. The van der Waals surface area contributed by atoms with Crippen LogP contribution < -0.4 is 9.47 Å². The maximum Gasteiger partial charge on any atom is 0.338 e. The van der Waals surface area contributed by atoms with E-state index < -0.39 is 11.9 Å². The smallest absolute Gasteiger partial charge is 0.338 e. The molecule has 8 heteroatoms. The van der Waals surface area contributed by atoms with E-state index in [1.165, 1.54) is 14.2 Å². The first-order valence-electron chi connectivity index (χ1n) is 15.5. The molecule has 0 bridgehead atoms. The lowest BCUT2D eigenvalue weighted by molar-refractivity contribution is 0.0594. The summed E-state index contributed by atoms with van der Waals surface area (Å²) in [7, 11) is 2.70. The number of fused-ring (bicyclic) bond motifs is 2. The number of benzene rings is 6. The van der Waals surface area contributed by atoms with Crippen molar-refractivity contribution in [2.24, 2.45) is 0 Å². The molecule has 0 unspecified atom stereocenters. The molecule has 0 aromatic heterocycles. The standard InChI is InChI=1S/C41H32O8/c1-46-40(44)36-13-5-9-32-28(7-3-11-34(32)36)24-48-38-17-15-26(20-30(38)22-42)19-27-16-18-39(31(21-27)23-43)49-25-29-8-4-12-35-33(29)10-6-14-37(35)41(45)47-2/h3-18,20-23H,19,24-25H2,1-2H3. The summed E-state index contributed by atoms with van der Waals surface area (Å²) < 4.78 is 22.0. The van der Waals surface area contributed by atoms with Crippen molar-refractivity contribution in [1.29, 1.82) is 0 Å². The van der Waals surface area contributed by atoms with Crippen molar-refractivity contribution < 1.29 is 38.1 Å². The zero-order chi connectivity index (χ0) is 34.3. The van der Waals surface area contributed by atoms with Crippen LogP contribution in [0, 0.1) is 0 Å². The summed E-state index contributed by atoms with van der Waals surface area (Å²) in [5, 5.41) is 3.24. The topological polar surface area (TPSA) is 105 Å². The molecule has 0 amide bonds. The van der Waals surface area contributed by atoms with Crippen molar-refractivity contribution in [3.8, 4) is 11.5 Å². The Hall–Kier alpha value is -6.28. The van der Waals surface area contributed by atoms with Crippen LogP contribution in [-0.4, -0.2) is 38.7 Å². The Bertz CT molecular complexity index is 2060. The largest absolute Gasteiger partial charge is 0.488 e. The van der Waals surface area contributed by atoms with Gasteiger partial charge in [-0.2, -0.15) is 0 Å². The van der Waals surface area contributed by atoms with E-state index in [4.69, 9.17) is 18.9 Å². The number of hydrogen-bond acceptors (Lipinski definition) is 8. The van der Waals surface area contributed by atoms with E-state index in [1.807, 2.05) is 60.7 Å². The van der Waals surface area contributed by atoms with E-state index in [2.05, 4.69) is 0 Å². The average Bonchev–Trinajstić information content (AvgIpc) is 3.15. The average molecular weight is 653 g/mol. The monoisotopic (exact) mass is 652 g/mol. The minimum Gasteiger partial charge on any atom is -0.488 e. The number of ether oxygens (including phenoxy) is 4. The van der Waals surface area contributed by atoms with E-state index >= 15 is 0 Å². The molecule has 0 aliphatic rings. The summed E-state index contributed by atoms with van der Waals surface area (Å²) in [6, 6.07) is 33.0. The predicted octanol–water partition coefficient (Wildman–Crippen LogP) is 7.94. The number of rotatable bonds is 12. The highest BCUT2D eigenvalue weighted by atomic mass is 16.5. The van der Waals surface area contributed by atoms with Crippen molar-refractivity contribution in [1.82, 2.24) is 0 Å². The maximum absolute atomic E-state index is 12.2. The van der Waals surface area contributed by atoms with Gasteiger partial charge in [-0.15, -0.1) is 0 Å². The molecule has 0 radical (unpaired) electrons. The first-order valence-corrected chi connectivity index (χ1v) is 15.5. The number of methoxy groups -OCH3 is 2. The van der Waals surface area contributed by atoms with Gasteiger partial charge in [-0.05, 0) is 86.6 Å². The Balaban J connectivity index is 1.16. The van der Waals surface area contributed by atoms with Crippen molar-refractivity contribution in [2.75, 3.05) is 14.2 Å². The zero-order valence-corrected chi connectivity index (χ0v) is 26.9. The van der Waals surface area contributed by atoms with Crippen LogP contribution in [0.3, 0.4) is 0 Å². The van der Waals surface area contributed by atoms with Gasteiger partial charge in [0.05, 0.1) is 36.5 Å². The van der Waals surface area contributed by atoms with E-state index in [-0.39, 0.29) is 13.2 Å². The van der Waals surface area contributed by atoms with Crippen LogP contribution in [0.25, 0.3) is 21.5 Å². The molecule has 0 spiro atoms. The summed E-state index contributed by atoms with van der Waals surface area (Å²) in [5.74, 6) is 0.0406. The van der Waals surface area contributed by atoms with Gasteiger partial charge >= 0.3 is 11.9 Å². The molecule has 0 saturated heterocycles. The third kappa shape index (κ3) is 6.89. The molecule has 6 rings (SSSR count). The lowest BCUT2D eigenvalue weighted by atomic mass is 10.00. The molecule has 0 aliphatic carbocycles. The van der Waals surface area contributed by atoms with Gasteiger partial charge in [0, 0.05) is 0 Å². The highest BCUT2D eigenvalue weighted by molar-refractivity contribution is 6.06. The van der Waals surface area contributed by atoms with Crippen LogP contribution in [0.15, 0.2) is 109 Å². The number of esters is 2. The molecule has 8 nitrogen and oxygen atoms in total. The van der Waals surface area contributed by atoms with E-state index in [0.717, 1.165) is 56.4 Å². The summed E-state index contributed by atoms with van der Waals surface area (Å²) in [6.07, 6.45) is 1.99. The molecule has 0 fully saturated rings. The normalized spacial score (nSPS) is 10.8. The van der Waals surface area contributed by atoms with Crippen LogP contribution in [0.2, 0.25) is 0 Å². The van der Waals surface area contributed by atoms with Crippen LogP contribution in [0.4, 0.5) is 0 Å². The second-order valence-electron chi connectivity index (χ2n) is 11.4. The lowest BCUT2D eigenvalue weighted by Gasteiger charge is -2.14. The Labute approximate surface area is 282 Å². The summed E-state index contributed by atoms with van der Waals surface area (Å²) in [4.78, 5) is 48.6. The molecule has 6 aromatic rings. The van der Waals surface area contributed by atoms with Gasteiger partial charge in [0.25, 0.3) is 0 Å². The van der Waals surface area contributed by atoms with Crippen LogP contribution in [-0.2, 0) is 29.1 Å². The Morgan fingerprint density at radius 1 is 0.531 bits per heavy atom. The highest BCUT2D eigenvalue weighted by Crippen LogP contribution is 2.29. The zero-order valence-electron chi connectivity index (χ0n) is 26.9. The SMILES string of the molecule is COC(=O)c1cccc2c(COc3ccc(Cc4ccc(OCc5cccc6c(C(=O)OC)cccc56)c(C=O)c4)cc3C=O)cccc12. The van der Waals surface area contributed by atoms with Crippen molar-refractivity contribution in [2.45, 2.75) is 19.6 Å². The predicted molar refractivity (Wildman–Crippen MR) is 186 cm³/mol. The second kappa shape index (κ2) is 14.6. The third-order valence-corrected chi connectivity index (χ3v) is 8.41. The number of hydrogen-bond donors (Lipinski definition) is 0. The lowest BCUT2D eigenvalue weighted by Crippen LogP contribution is -2.04. The van der Waals surface area contributed by atoms with Gasteiger partial charge < -0.3 is 18.9 Å². The summed E-state index contributed by atoms with van der Waals surface area (Å²) in [6.45, 7) is 0.384. The minimum absolute atomic E-state index is 0.192. The maximum atomic E-state index is 12.2. The molecule has 0 saturated carbocycles. The van der Waals surface area contributed by atoms with Gasteiger partial charge in [0.1, 0.15) is 24.7 Å². The van der Waals surface area contributed by atoms with Gasteiger partial charge in [0.2, 0.25) is 0 Å². The number of carbonyl (C=O) groups is 4. The quantitative estimate of drug-likeness (QED) is 0.0970. The fourth-order valence-electron chi connectivity index (χ4n) is 5.99. The van der Waals surface area contributed by atoms with Crippen LogP contribution in [0.1, 0.15) is 63.7 Å². The van der Waals surface area contributed by atoms with Crippen molar-refractivity contribution in [3.05, 3.63) is 154 Å². The van der Waals surface area contributed by atoms with Gasteiger partial charge in [-0.3, -0.25) is 9.59 Å². The molecule has 0 aliphatic heterocycles. The fraction of sp³-hybridized carbons (Fsp3) is 0.122. The van der Waals surface area contributed by atoms with Gasteiger partial charge in [-0.1, -0.05) is 72.8 Å². The Kier molecular flexibility index (Phi) is 9.76. The van der Waals surface area contributed by atoms with Gasteiger partial charge in [0.15, 0.2) is 12.6 Å². The molecular formula is C41H32O8. The number of carbonyl (C=O) groups excluding carboxylic acids is 4.